The Hall–Kier alpha value is -2.90. The first-order chi connectivity index (χ1) is 15.6. The molecule has 2 saturated heterocycles. The lowest BCUT2D eigenvalue weighted by Gasteiger charge is -2.40. The Morgan fingerprint density at radius 3 is 2.34 bits per heavy atom. The predicted octanol–water partition coefficient (Wildman–Crippen LogP) is 2.16. The van der Waals surface area contributed by atoms with E-state index in [1.165, 1.54) is 24.1 Å². The molecule has 2 aromatic rings. The van der Waals surface area contributed by atoms with Gasteiger partial charge in [-0.05, 0) is 42.7 Å². The van der Waals surface area contributed by atoms with Crippen LogP contribution in [0.1, 0.15) is 18.4 Å². The van der Waals surface area contributed by atoms with Crippen molar-refractivity contribution in [1.29, 1.82) is 0 Å². The average molecular weight is 436 g/mol. The van der Waals surface area contributed by atoms with Crippen LogP contribution in [0, 0.1) is 0 Å². The Kier molecular flexibility index (Phi) is 7.39. The average Bonchev–Trinajstić information content (AvgIpc) is 3.36. The molecule has 2 N–H and O–H groups in total. The molecule has 7 nitrogen and oxygen atoms in total. The van der Waals surface area contributed by atoms with E-state index in [0.29, 0.717) is 13.1 Å². The molecule has 32 heavy (non-hydrogen) atoms. The van der Waals surface area contributed by atoms with Gasteiger partial charge in [0.15, 0.2) is 0 Å². The van der Waals surface area contributed by atoms with E-state index in [9.17, 15) is 9.59 Å². The normalized spacial score (nSPS) is 19.7. The van der Waals surface area contributed by atoms with E-state index in [4.69, 9.17) is 0 Å². The molecule has 0 radical (unpaired) electrons. The van der Waals surface area contributed by atoms with Crippen molar-refractivity contribution in [3.8, 4) is 0 Å². The fourth-order valence-corrected chi connectivity index (χ4v) is 4.58. The first-order valence-electron chi connectivity index (χ1n) is 11.5. The molecule has 170 valence electrons. The molecule has 4 rings (SSSR count). The number of hydrogen-bond donors (Lipinski definition) is 2. The van der Waals surface area contributed by atoms with Crippen molar-refractivity contribution >= 4 is 23.2 Å². The highest BCUT2D eigenvalue weighted by Crippen LogP contribution is 2.22. The lowest BCUT2D eigenvalue weighted by molar-refractivity contribution is -0.130. The lowest BCUT2D eigenvalue weighted by atomic mass is 10.1. The number of nitrogens with one attached hydrogen (secondary N) is 2. The van der Waals surface area contributed by atoms with Gasteiger partial charge in [-0.3, -0.25) is 19.4 Å². The maximum Gasteiger partial charge on any atom is 0.238 e. The highest BCUT2D eigenvalue weighted by atomic mass is 16.2. The predicted molar refractivity (Wildman–Crippen MR) is 128 cm³/mol. The number of anilines is 2. The van der Waals surface area contributed by atoms with E-state index < -0.39 is 0 Å². The second-order valence-corrected chi connectivity index (χ2v) is 8.61. The summed E-state index contributed by atoms with van der Waals surface area (Å²) < 4.78 is 0. The maximum absolute atomic E-state index is 12.7. The van der Waals surface area contributed by atoms with Crippen LogP contribution in [-0.2, 0) is 16.1 Å². The van der Waals surface area contributed by atoms with Crippen LogP contribution in [0.3, 0.4) is 0 Å². The molecular formula is C25H33N5O2. The summed E-state index contributed by atoms with van der Waals surface area (Å²) in [6.07, 6.45) is 2.48. The van der Waals surface area contributed by atoms with Crippen molar-refractivity contribution in [1.82, 2.24) is 15.1 Å². The Labute approximate surface area is 190 Å². The van der Waals surface area contributed by atoms with Gasteiger partial charge in [-0.15, -0.1) is 0 Å². The zero-order valence-electron chi connectivity index (χ0n) is 18.8. The number of carbonyl (C=O) groups is 2. The van der Waals surface area contributed by atoms with Crippen LogP contribution in [-0.4, -0.2) is 74.0 Å². The third kappa shape index (κ3) is 5.66. The van der Waals surface area contributed by atoms with Gasteiger partial charge in [-0.25, -0.2) is 0 Å². The van der Waals surface area contributed by atoms with Crippen LogP contribution in [0.2, 0.25) is 0 Å². The van der Waals surface area contributed by atoms with Gasteiger partial charge in [0, 0.05) is 57.7 Å². The molecule has 2 fully saturated rings. The number of nitrogens with zero attached hydrogens (tertiary/aromatic N) is 3. The minimum Gasteiger partial charge on any atom is -0.372 e. The summed E-state index contributed by atoms with van der Waals surface area (Å²) in [7, 11) is 1.65. The van der Waals surface area contributed by atoms with E-state index in [2.05, 4.69) is 44.7 Å². The number of piperazine rings is 1. The summed E-state index contributed by atoms with van der Waals surface area (Å²) in [4.78, 5) is 31.9. The monoisotopic (exact) mass is 435 g/mol. The number of benzene rings is 2. The van der Waals surface area contributed by atoms with E-state index in [1.807, 2.05) is 35.2 Å². The van der Waals surface area contributed by atoms with Crippen molar-refractivity contribution in [3.05, 3.63) is 60.2 Å². The van der Waals surface area contributed by atoms with E-state index in [0.717, 1.165) is 31.9 Å². The van der Waals surface area contributed by atoms with Crippen molar-refractivity contribution in [3.63, 3.8) is 0 Å². The summed E-state index contributed by atoms with van der Waals surface area (Å²) in [5, 5.41) is 5.75. The van der Waals surface area contributed by atoms with Gasteiger partial charge >= 0.3 is 0 Å². The summed E-state index contributed by atoms with van der Waals surface area (Å²) >= 11 is 0. The van der Waals surface area contributed by atoms with E-state index >= 15 is 0 Å². The summed E-state index contributed by atoms with van der Waals surface area (Å²) in [6.45, 7) is 5.30. The Morgan fingerprint density at radius 1 is 0.938 bits per heavy atom. The molecule has 0 bridgehead atoms. The van der Waals surface area contributed by atoms with Crippen LogP contribution in [0.5, 0.6) is 0 Å². The fraction of sp³-hybridized carbons (Fsp3) is 0.440. The van der Waals surface area contributed by atoms with Crippen molar-refractivity contribution in [2.75, 3.05) is 56.5 Å². The minimum atomic E-state index is -0.347. The molecule has 1 atom stereocenters. The van der Waals surface area contributed by atoms with Gasteiger partial charge in [0.25, 0.3) is 0 Å². The molecule has 2 heterocycles. The number of carbonyl (C=O) groups excluding carboxylic acids is 2. The topological polar surface area (TPSA) is 67.9 Å². The largest absolute Gasteiger partial charge is 0.372 e. The lowest BCUT2D eigenvalue weighted by Crippen LogP contribution is -2.59. The molecule has 2 aromatic carbocycles. The second-order valence-electron chi connectivity index (χ2n) is 8.61. The number of rotatable bonds is 7. The standard InChI is InChI=1S/C25H33N5O2/c1-26-25(32)23-18-28(17-20-7-3-2-4-8-20)15-16-30(23)19-24(31)27-21-9-11-22(12-10-21)29-13-5-6-14-29/h2-4,7-12,23H,5-6,13-19H2,1H3,(H,26,32)(H,27,31). The number of hydrogen-bond acceptors (Lipinski definition) is 5. The molecule has 0 saturated carbocycles. The quantitative estimate of drug-likeness (QED) is 0.698. The van der Waals surface area contributed by atoms with Gasteiger partial charge in [0.05, 0.1) is 6.54 Å². The van der Waals surface area contributed by atoms with E-state index in [1.54, 1.807) is 7.05 Å². The molecule has 2 amide bonds. The summed E-state index contributed by atoms with van der Waals surface area (Å²) in [5.74, 6) is -0.144. The van der Waals surface area contributed by atoms with Gasteiger partial charge in [0.2, 0.25) is 11.8 Å². The Morgan fingerprint density at radius 2 is 1.66 bits per heavy atom. The Bertz CT molecular complexity index is 896. The summed E-state index contributed by atoms with van der Waals surface area (Å²) in [6, 6.07) is 18.0. The van der Waals surface area contributed by atoms with Crippen molar-refractivity contribution in [2.24, 2.45) is 0 Å². The summed E-state index contributed by atoms with van der Waals surface area (Å²) in [5.41, 5.74) is 3.22. The molecule has 0 aliphatic carbocycles. The maximum atomic E-state index is 12.7. The van der Waals surface area contributed by atoms with E-state index in [-0.39, 0.29) is 24.4 Å². The van der Waals surface area contributed by atoms with Crippen LogP contribution >= 0.6 is 0 Å². The van der Waals surface area contributed by atoms with Crippen LogP contribution in [0.4, 0.5) is 11.4 Å². The van der Waals surface area contributed by atoms with Gasteiger partial charge in [-0.1, -0.05) is 30.3 Å². The zero-order valence-corrected chi connectivity index (χ0v) is 18.8. The molecule has 0 spiro atoms. The van der Waals surface area contributed by atoms with Crippen molar-refractivity contribution in [2.45, 2.75) is 25.4 Å². The first kappa shape index (κ1) is 22.3. The van der Waals surface area contributed by atoms with Crippen molar-refractivity contribution < 1.29 is 9.59 Å². The fourth-order valence-electron chi connectivity index (χ4n) is 4.58. The van der Waals surface area contributed by atoms with Gasteiger partial charge < -0.3 is 15.5 Å². The third-order valence-corrected chi connectivity index (χ3v) is 6.34. The molecule has 2 aliphatic heterocycles. The molecule has 1 unspecified atom stereocenters. The Balaban J connectivity index is 1.33. The molecular weight excluding hydrogens is 402 g/mol. The third-order valence-electron chi connectivity index (χ3n) is 6.34. The van der Waals surface area contributed by atoms with Crippen LogP contribution in [0.25, 0.3) is 0 Å². The minimum absolute atomic E-state index is 0.0504. The zero-order chi connectivity index (χ0) is 22.3. The smallest absolute Gasteiger partial charge is 0.238 e. The number of likely N-dealkylation sites (N-methyl/N-ethyl adjacent to an activating group) is 1. The number of amides is 2. The van der Waals surface area contributed by atoms with Gasteiger partial charge in [-0.2, -0.15) is 0 Å². The second kappa shape index (κ2) is 10.6. The van der Waals surface area contributed by atoms with Gasteiger partial charge in [0.1, 0.15) is 6.04 Å². The van der Waals surface area contributed by atoms with Crippen LogP contribution < -0.4 is 15.5 Å². The first-order valence-corrected chi connectivity index (χ1v) is 11.5. The molecule has 7 heteroatoms. The molecule has 2 aliphatic rings. The SMILES string of the molecule is CNC(=O)C1CN(Cc2ccccc2)CCN1CC(=O)Nc1ccc(N2CCCC2)cc1. The molecule has 0 aromatic heterocycles. The van der Waals surface area contributed by atoms with Crippen LogP contribution in [0.15, 0.2) is 54.6 Å². The highest BCUT2D eigenvalue weighted by Gasteiger charge is 2.33. The highest BCUT2D eigenvalue weighted by molar-refractivity contribution is 5.93.